The first-order valence-corrected chi connectivity index (χ1v) is 34.1. The number of nitrogens with one attached hydrogen (secondary N) is 5. The number of aliphatic carboxylic acids is 2. The van der Waals surface area contributed by atoms with Crippen molar-refractivity contribution >= 4 is 121 Å². The minimum atomic E-state index is -1.30. The molecule has 476 valence electrons. The van der Waals surface area contributed by atoms with Gasteiger partial charge in [0.1, 0.15) is 82.2 Å². The third kappa shape index (κ3) is 15.4. The van der Waals surface area contributed by atoms with Crippen molar-refractivity contribution in [1.29, 1.82) is 0 Å². The number of aliphatic hydroxyl groups excluding tert-OH is 1. The number of aromatic nitrogens is 7. The normalized spacial score (nSPS) is 18.5. The van der Waals surface area contributed by atoms with E-state index >= 15 is 0 Å². The molecule has 8 heterocycles. The molecule has 1 aliphatic heterocycles. The number of carboxylic acid groups (broad SMARTS) is 2. The number of benzene rings is 1. The maximum Gasteiger partial charge on any atom is 0.306 e. The molecule has 8 N–H and O–H groups in total. The summed E-state index contributed by atoms with van der Waals surface area (Å²) in [5.41, 5.74) is 2.46. The molecule has 1 saturated carbocycles. The Morgan fingerprint density at radius 3 is 2.10 bits per heavy atom. The van der Waals surface area contributed by atoms with Crippen molar-refractivity contribution in [1.82, 2.24) is 61.5 Å². The summed E-state index contributed by atoms with van der Waals surface area (Å²) in [5.74, 6) is -5.98. The molecule has 7 aromatic heterocycles. The quantitative estimate of drug-likeness (QED) is 0.0419. The Labute approximate surface area is 545 Å². The summed E-state index contributed by atoms with van der Waals surface area (Å²) >= 11 is 7.08. The smallest absolute Gasteiger partial charge is 0.306 e. The molecule has 0 spiro atoms. The number of nitrogens with zero attached hydrogens (tertiary/aromatic N) is 8. The molecule has 4 atom stereocenters. The second-order valence-corrected chi connectivity index (χ2v) is 27.7. The summed E-state index contributed by atoms with van der Waals surface area (Å²) in [6.07, 6.45) is 0.518. The molecular formula is C60H63N13O12S6. The van der Waals surface area contributed by atoms with Crippen LogP contribution in [0.2, 0.25) is 0 Å². The number of anilines is 1. The molecule has 0 radical (unpaired) electrons. The van der Waals surface area contributed by atoms with Gasteiger partial charge in [0.25, 0.3) is 17.7 Å². The van der Waals surface area contributed by atoms with E-state index in [4.69, 9.17) is 39.6 Å². The molecule has 25 nitrogen and oxygen atoms in total. The van der Waals surface area contributed by atoms with Crippen molar-refractivity contribution in [2.24, 2.45) is 17.8 Å². The number of carbonyl (C=O) groups excluding carboxylic acids is 6. The molecule has 0 saturated heterocycles. The number of carbonyl (C=O) groups is 8. The van der Waals surface area contributed by atoms with Crippen LogP contribution in [0.5, 0.6) is 0 Å². The zero-order chi connectivity index (χ0) is 64.6. The highest BCUT2D eigenvalue weighted by molar-refractivity contribution is 7.15. The number of unbranched alkanes of at least 4 members (excludes halogenated alkanes) is 1. The van der Waals surface area contributed by atoms with Gasteiger partial charge in [-0.2, -0.15) is 0 Å². The number of hydrogen-bond donors (Lipinski definition) is 8. The predicted molar refractivity (Wildman–Crippen MR) is 344 cm³/mol. The molecule has 10 bridgehead atoms. The molecule has 6 amide bonds. The van der Waals surface area contributed by atoms with Crippen molar-refractivity contribution in [3.05, 3.63) is 111 Å². The van der Waals surface area contributed by atoms with E-state index < -0.39 is 84.1 Å². The molecule has 1 aliphatic carbocycles. The van der Waals surface area contributed by atoms with Gasteiger partial charge in [0.15, 0.2) is 0 Å². The average molecular weight is 1350 g/mol. The molecule has 1 unspecified atom stereocenters. The van der Waals surface area contributed by atoms with E-state index in [1.807, 2.05) is 13.8 Å². The second kappa shape index (κ2) is 29.4. The Morgan fingerprint density at radius 1 is 0.681 bits per heavy atom. The number of thiazole rings is 6. The van der Waals surface area contributed by atoms with Crippen LogP contribution in [0.25, 0.3) is 43.4 Å². The summed E-state index contributed by atoms with van der Waals surface area (Å²) in [4.78, 5) is 144. The van der Waals surface area contributed by atoms with Crippen molar-refractivity contribution in [2.45, 2.75) is 103 Å². The lowest BCUT2D eigenvalue weighted by atomic mass is 9.81. The zero-order valence-electron chi connectivity index (χ0n) is 49.7. The van der Waals surface area contributed by atoms with Crippen LogP contribution in [0, 0.1) is 24.7 Å². The van der Waals surface area contributed by atoms with Gasteiger partial charge in [-0.15, -0.1) is 68.0 Å². The molecule has 1 fully saturated rings. The third-order valence-electron chi connectivity index (χ3n) is 15.2. The lowest BCUT2D eigenvalue weighted by molar-refractivity contribution is -0.144. The van der Waals surface area contributed by atoms with E-state index in [2.05, 4.69) is 26.6 Å². The topological polar surface area (TPSA) is 360 Å². The van der Waals surface area contributed by atoms with Crippen LogP contribution in [0.4, 0.5) is 5.82 Å². The fourth-order valence-corrected chi connectivity index (χ4v) is 15.9. The van der Waals surface area contributed by atoms with Crippen LogP contribution in [0.1, 0.15) is 151 Å². The highest BCUT2D eigenvalue weighted by Gasteiger charge is 2.36. The van der Waals surface area contributed by atoms with Gasteiger partial charge < -0.3 is 46.6 Å². The standard InChI is InChI=1S/C60H63N13O12S6/c1-28(2)44-58-72-47(39(91-58)23-85-5)51(80)62-22-42(75)69-48(49(78)30-11-7-6-8-12-30)57-67-38(26-88-57)55-65-36(24-87-55)46-33(53-66-37(25-86-53)50(79)64-35(21-41(74)61-4)56-71-45(29(3)90-56)52(81)70-44)18-19-34(63-46)54-68-40(27-89-54)73(20-10-9-13-43(76)77)59(82)31-14-16-32(17-15-31)60(83)84/h6-8,11-12,18-19,24-28,31-32,35,44,48-49,78H,9-10,13-17,20-23H2,1-5H3,(H,61,74)(H,62,80)(H,64,79)(H,69,75)(H,70,81)(H,76,77)(H,83,84)/t31?,32?,35-,44?,48-,49-/m0/s1. The lowest BCUT2D eigenvalue weighted by Gasteiger charge is -2.30. The van der Waals surface area contributed by atoms with Gasteiger partial charge in [0.05, 0.1) is 48.1 Å². The number of methoxy groups -OCH3 is 1. The van der Waals surface area contributed by atoms with Crippen molar-refractivity contribution in [2.75, 3.05) is 32.1 Å². The summed E-state index contributed by atoms with van der Waals surface area (Å²) in [6, 6.07) is 9.35. The number of rotatable bonds is 16. The second-order valence-electron chi connectivity index (χ2n) is 21.9. The summed E-state index contributed by atoms with van der Waals surface area (Å²) < 4.78 is 5.46. The monoisotopic (exact) mass is 1350 g/mol. The predicted octanol–water partition coefficient (Wildman–Crippen LogP) is 8.79. The Hall–Kier alpha value is -8.17. The van der Waals surface area contributed by atoms with E-state index in [-0.39, 0.29) is 59.9 Å². The summed E-state index contributed by atoms with van der Waals surface area (Å²) in [5, 5.41) is 54.1. The van der Waals surface area contributed by atoms with E-state index in [1.165, 1.54) is 48.2 Å². The Balaban J connectivity index is 1.04. The highest BCUT2D eigenvalue weighted by atomic mass is 32.1. The molecule has 8 aromatic rings. The van der Waals surface area contributed by atoms with Crippen molar-refractivity contribution in [3.8, 4) is 43.4 Å². The van der Waals surface area contributed by atoms with Crippen LogP contribution >= 0.6 is 68.0 Å². The molecular weight excluding hydrogens is 1290 g/mol. The lowest BCUT2D eigenvalue weighted by Crippen LogP contribution is -2.40. The number of fused-ring (bicyclic) bond motifs is 14. The van der Waals surface area contributed by atoms with Gasteiger partial charge in [-0.1, -0.05) is 44.2 Å². The molecule has 31 heteroatoms. The van der Waals surface area contributed by atoms with E-state index in [1.54, 1.807) is 75.8 Å². The SMILES string of the molecule is CNC(=O)C[C@@H]1NC(=O)c2csc(n2)-c2ccc(-c3nc(N(CCCCC(=O)O)C(=O)C4CCC(C(=O)O)CC4)cs3)nc2-c2csc(n2)-c2csc(n2)[C@H]([C@@H](O)c2ccccc2)NC(=O)CNC(=O)c2nc(sc2COC)C(C(C)C)NC(=O)c2nc1sc2C. The van der Waals surface area contributed by atoms with E-state index in [0.717, 1.165) is 34.0 Å². The highest BCUT2D eigenvalue weighted by Crippen LogP contribution is 2.41. The van der Waals surface area contributed by atoms with Crippen LogP contribution in [0.3, 0.4) is 0 Å². The van der Waals surface area contributed by atoms with E-state index in [9.17, 15) is 53.7 Å². The number of aliphatic hydroxyl groups is 1. The number of ether oxygens (including phenoxy) is 1. The number of carboxylic acids is 2. The van der Waals surface area contributed by atoms with Crippen LogP contribution in [-0.4, -0.2) is 125 Å². The van der Waals surface area contributed by atoms with E-state index in [0.29, 0.717) is 113 Å². The fraction of sp³-hybridized carbons (Fsp3) is 0.383. The fourth-order valence-electron chi connectivity index (χ4n) is 10.4. The van der Waals surface area contributed by atoms with Gasteiger partial charge in [-0.3, -0.25) is 43.3 Å². The molecule has 2 aliphatic rings. The Bertz CT molecular complexity index is 4000. The Morgan fingerprint density at radius 2 is 1.37 bits per heavy atom. The van der Waals surface area contributed by atoms with Gasteiger partial charge in [0, 0.05) is 65.0 Å². The minimum Gasteiger partial charge on any atom is -0.481 e. The van der Waals surface area contributed by atoms with Gasteiger partial charge in [0.2, 0.25) is 17.7 Å². The third-order valence-corrected chi connectivity index (χ3v) is 20.9. The zero-order valence-corrected chi connectivity index (χ0v) is 54.6. The molecule has 10 rings (SSSR count). The number of amides is 6. The largest absolute Gasteiger partial charge is 0.481 e. The number of pyridine rings is 1. The molecule has 1 aromatic carbocycles. The maximum atomic E-state index is 14.4. The van der Waals surface area contributed by atoms with Crippen molar-refractivity contribution in [3.63, 3.8) is 0 Å². The first kappa shape index (κ1) is 65.8. The average Bonchev–Trinajstić information content (AvgIpc) is 1.87. The van der Waals surface area contributed by atoms with Gasteiger partial charge in [-0.05, 0) is 69.1 Å². The maximum absolute atomic E-state index is 14.4. The first-order chi connectivity index (χ1) is 43.8. The number of aryl methyl sites for hydroxylation is 1. The van der Waals surface area contributed by atoms with Crippen LogP contribution in [-0.2, 0) is 35.3 Å². The summed E-state index contributed by atoms with van der Waals surface area (Å²) in [6.45, 7) is 5.09. The Kier molecular flexibility index (Phi) is 21.3. The van der Waals surface area contributed by atoms with Gasteiger partial charge in [-0.25, -0.2) is 34.9 Å². The number of hydrogen-bond acceptors (Lipinski definition) is 23. The first-order valence-electron chi connectivity index (χ1n) is 29.0. The minimum absolute atomic E-state index is 0.00122. The summed E-state index contributed by atoms with van der Waals surface area (Å²) in [7, 11) is 2.92. The van der Waals surface area contributed by atoms with Crippen LogP contribution in [0.15, 0.2) is 64.0 Å². The van der Waals surface area contributed by atoms with Crippen LogP contribution < -0.4 is 31.5 Å². The van der Waals surface area contributed by atoms with Gasteiger partial charge >= 0.3 is 11.9 Å². The van der Waals surface area contributed by atoms with Crippen molar-refractivity contribution < 1.29 is 58.4 Å². The molecule has 91 heavy (non-hydrogen) atoms.